The molecule has 2 aliphatic heterocycles. The zero-order valence-corrected chi connectivity index (χ0v) is 21.5. The molecule has 0 aliphatic carbocycles. The van der Waals surface area contributed by atoms with E-state index in [0.29, 0.717) is 49.6 Å². The van der Waals surface area contributed by atoms with E-state index in [1.165, 1.54) is 0 Å². The molecular formula is C25H25Cl2F2N5O3. The summed E-state index contributed by atoms with van der Waals surface area (Å²) in [6.45, 7) is 5.60. The Morgan fingerprint density at radius 1 is 1.19 bits per heavy atom. The standard InChI is InChI=1S/C25H25Cl2F2N5O3/c1-13(19-20(26)17(28)10-18(29)21(19)27)37-23-22-15(11-32-24(23)30)16(12-36-22)14-2-6-33(7-3-14)25(35)34-8-4-31-5-9-34/h2,10-13,31H,3-9H2,1H3,(H2,30,32)/t13-/m1/s1. The highest BCUT2D eigenvalue weighted by molar-refractivity contribution is 6.36. The Labute approximate surface area is 221 Å². The van der Waals surface area contributed by atoms with Crippen molar-refractivity contribution in [3.8, 4) is 5.75 Å². The molecule has 0 saturated carbocycles. The van der Waals surface area contributed by atoms with Crippen LogP contribution in [0.5, 0.6) is 5.75 Å². The van der Waals surface area contributed by atoms with E-state index in [0.717, 1.165) is 24.2 Å². The van der Waals surface area contributed by atoms with E-state index < -0.39 is 17.7 Å². The topological polar surface area (TPSA) is 96.9 Å². The van der Waals surface area contributed by atoms with Crippen LogP contribution in [0.1, 0.15) is 30.6 Å². The molecule has 2 aromatic heterocycles. The van der Waals surface area contributed by atoms with Crippen molar-refractivity contribution in [1.29, 1.82) is 0 Å². The number of pyridine rings is 1. The van der Waals surface area contributed by atoms with Crippen molar-refractivity contribution in [2.24, 2.45) is 0 Å². The summed E-state index contributed by atoms with van der Waals surface area (Å²) >= 11 is 12.1. The Morgan fingerprint density at radius 3 is 2.54 bits per heavy atom. The summed E-state index contributed by atoms with van der Waals surface area (Å²) in [4.78, 5) is 20.8. The Kier molecular flexibility index (Phi) is 7.15. The average molecular weight is 552 g/mol. The third kappa shape index (κ3) is 4.81. The van der Waals surface area contributed by atoms with E-state index in [2.05, 4.69) is 10.3 Å². The summed E-state index contributed by atoms with van der Waals surface area (Å²) < 4.78 is 39.9. The molecule has 8 nitrogen and oxygen atoms in total. The molecule has 12 heteroatoms. The minimum Gasteiger partial charge on any atom is -0.478 e. The van der Waals surface area contributed by atoms with Crippen LogP contribution in [0, 0.1) is 11.6 Å². The maximum absolute atomic E-state index is 14.1. The molecule has 4 heterocycles. The van der Waals surface area contributed by atoms with Gasteiger partial charge in [0, 0.05) is 62.7 Å². The summed E-state index contributed by atoms with van der Waals surface area (Å²) in [6, 6.07) is 0.659. The van der Waals surface area contributed by atoms with E-state index in [9.17, 15) is 13.6 Å². The number of nitrogens with two attached hydrogens (primary N) is 1. The number of urea groups is 1. The van der Waals surface area contributed by atoms with Crippen LogP contribution in [0.4, 0.5) is 19.4 Å². The third-order valence-corrected chi connectivity index (χ3v) is 7.43. The van der Waals surface area contributed by atoms with Crippen LogP contribution in [-0.2, 0) is 0 Å². The van der Waals surface area contributed by atoms with Gasteiger partial charge in [-0.1, -0.05) is 29.3 Å². The molecule has 1 aromatic carbocycles. The predicted octanol–water partition coefficient (Wildman–Crippen LogP) is 5.25. The second-order valence-corrected chi connectivity index (χ2v) is 9.71. The molecule has 1 fully saturated rings. The number of hydrogen-bond acceptors (Lipinski definition) is 6. The summed E-state index contributed by atoms with van der Waals surface area (Å²) in [5.41, 5.74) is 8.18. The van der Waals surface area contributed by atoms with Gasteiger partial charge in [-0.3, -0.25) is 0 Å². The molecule has 37 heavy (non-hydrogen) atoms. The first-order chi connectivity index (χ1) is 17.8. The second kappa shape index (κ2) is 10.4. The van der Waals surface area contributed by atoms with Gasteiger partial charge in [-0.25, -0.2) is 18.6 Å². The monoisotopic (exact) mass is 551 g/mol. The number of hydrogen-bond donors (Lipinski definition) is 2. The number of nitrogen functional groups attached to an aromatic ring is 1. The van der Waals surface area contributed by atoms with Crippen LogP contribution in [0.15, 0.2) is 29.0 Å². The van der Waals surface area contributed by atoms with Crippen LogP contribution in [-0.4, -0.2) is 60.1 Å². The highest BCUT2D eigenvalue weighted by atomic mass is 35.5. The lowest BCUT2D eigenvalue weighted by atomic mass is 9.99. The molecule has 3 aromatic rings. The Morgan fingerprint density at radius 2 is 1.89 bits per heavy atom. The fourth-order valence-electron chi connectivity index (χ4n) is 4.67. The number of halogens is 4. The lowest BCUT2D eigenvalue weighted by Gasteiger charge is -2.34. The SMILES string of the molecule is C[C@@H](Oc1c(N)ncc2c(C3=CCN(C(=O)N4CCNCC4)CC3)coc12)c1c(Cl)c(F)cc(F)c1Cl. The molecule has 1 saturated heterocycles. The van der Waals surface area contributed by atoms with Gasteiger partial charge in [0.15, 0.2) is 11.4 Å². The van der Waals surface area contributed by atoms with Crippen LogP contribution in [0.2, 0.25) is 10.0 Å². The molecule has 1 atom stereocenters. The number of nitrogens with one attached hydrogen (secondary N) is 1. The van der Waals surface area contributed by atoms with Crippen LogP contribution < -0.4 is 15.8 Å². The largest absolute Gasteiger partial charge is 0.478 e. The molecule has 0 unspecified atom stereocenters. The van der Waals surface area contributed by atoms with E-state index in [1.54, 1.807) is 19.4 Å². The van der Waals surface area contributed by atoms with E-state index in [4.69, 9.17) is 38.1 Å². The van der Waals surface area contributed by atoms with Gasteiger partial charge >= 0.3 is 6.03 Å². The van der Waals surface area contributed by atoms with Gasteiger partial charge < -0.3 is 30.0 Å². The number of fused-ring (bicyclic) bond motifs is 1. The Bertz CT molecular complexity index is 1360. The normalized spacial score (nSPS) is 17.2. The first-order valence-corrected chi connectivity index (χ1v) is 12.6. The quantitative estimate of drug-likeness (QED) is 0.430. The number of piperazine rings is 1. The van der Waals surface area contributed by atoms with Crippen molar-refractivity contribution in [3.05, 3.63) is 57.4 Å². The fourth-order valence-corrected chi connectivity index (χ4v) is 5.32. The average Bonchev–Trinajstić information content (AvgIpc) is 3.34. The first-order valence-electron chi connectivity index (χ1n) is 11.9. The molecule has 0 bridgehead atoms. The van der Waals surface area contributed by atoms with E-state index in [1.807, 2.05) is 15.9 Å². The molecule has 2 amide bonds. The lowest BCUT2D eigenvalue weighted by Crippen LogP contribution is -2.52. The number of nitrogens with zero attached hydrogens (tertiary/aromatic N) is 3. The second-order valence-electron chi connectivity index (χ2n) is 8.95. The number of anilines is 1. The molecule has 5 rings (SSSR count). The zero-order chi connectivity index (χ0) is 26.3. The summed E-state index contributed by atoms with van der Waals surface area (Å²) in [6.07, 6.45) is 4.85. The van der Waals surface area contributed by atoms with Crippen LogP contribution in [0.25, 0.3) is 16.5 Å². The number of carbonyl (C=O) groups excluding carboxylic acids is 1. The molecule has 3 N–H and O–H groups in total. The summed E-state index contributed by atoms with van der Waals surface area (Å²) in [7, 11) is 0. The first kappa shape index (κ1) is 25.6. The van der Waals surface area contributed by atoms with Crippen molar-refractivity contribution in [2.75, 3.05) is 45.0 Å². The smallest absolute Gasteiger partial charge is 0.320 e. The summed E-state index contributed by atoms with van der Waals surface area (Å²) in [5, 5.41) is 3.22. The highest BCUT2D eigenvalue weighted by Gasteiger charge is 2.27. The van der Waals surface area contributed by atoms with Gasteiger partial charge in [-0.15, -0.1) is 0 Å². The minimum atomic E-state index is -0.966. The number of carbonyl (C=O) groups is 1. The maximum atomic E-state index is 14.1. The minimum absolute atomic E-state index is 0.0368. The molecule has 0 spiro atoms. The van der Waals surface area contributed by atoms with Gasteiger partial charge in [-0.05, 0) is 18.9 Å². The molecule has 0 radical (unpaired) electrons. The van der Waals surface area contributed by atoms with Gasteiger partial charge in [0.1, 0.15) is 17.7 Å². The van der Waals surface area contributed by atoms with Crippen molar-refractivity contribution in [2.45, 2.75) is 19.4 Å². The third-order valence-electron chi connectivity index (χ3n) is 6.66. The Balaban J connectivity index is 1.40. The number of ether oxygens (including phenoxy) is 1. The van der Waals surface area contributed by atoms with Crippen LogP contribution >= 0.6 is 23.2 Å². The predicted molar refractivity (Wildman–Crippen MR) is 138 cm³/mol. The summed E-state index contributed by atoms with van der Waals surface area (Å²) in [5.74, 6) is -1.76. The number of benzene rings is 1. The Hall–Kier alpha value is -3.08. The van der Waals surface area contributed by atoms with Crippen molar-refractivity contribution < 1.29 is 22.7 Å². The maximum Gasteiger partial charge on any atom is 0.320 e. The van der Waals surface area contributed by atoms with E-state index in [-0.39, 0.29) is 33.2 Å². The fraction of sp³-hybridized carbons (Fsp3) is 0.360. The van der Waals surface area contributed by atoms with E-state index >= 15 is 0 Å². The lowest BCUT2D eigenvalue weighted by molar-refractivity contribution is 0.151. The zero-order valence-electron chi connectivity index (χ0n) is 20.0. The number of furan rings is 1. The molecule has 196 valence electrons. The highest BCUT2D eigenvalue weighted by Crippen LogP contribution is 2.42. The van der Waals surface area contributed by atoms with Gasteiger partial charge in [0.2, 0.25) is 5.75 Å². The number of aromatic nitrogens is 1. The number of amides is 2. The van der Waals surface area contributed by atoms with Gasteiger partial charge in [0.05, 0.1) is 21.7 Å². The molecular weight excluding hydrogens is 527 g/mol. The van der Waals surface area contributed by atoms with Gasteiger partial charge in [-0.2, -0.15) is 0 Å². The van der Waals surface area contributed by atoms with Crippen molar-refractivity contribution in [3.63, 3.8) is 0 Å². The molecule has 2 aliphatic rings. The van der Waals surface area contributed by atoms with Crippen LogP contribution in [0.3, 0.4) is 0 Å². The van der Waals surface area contributed by atoms with Gasteiger partial charge in [0.25, 0.3) is 0 Å². The van der Waals surface area contributed by atoms with Crippen molar-refractivity contribution in [1.82, 2.24) is 20.1 Å². The number of rotatable bonds is 4. The van der Waals surface area contributed by atoms with Crippen molar-refractivity contribution >= 4 is 51.6 Å².